The van der Waals surface area contributed by atoms with Gasteiger partial charge in [0, 0.05) is 19.1 Å². The second-order valence-electron chi connectivity index (χ2n) is 4.06. The van der Waals surface area contributed by atoms with E-state index in [9.17, 15) is 8.42 Å². The van der Waals surface area contributed by atoms with Crippen molar-refractivity contribution in [2.75, 3.05) is 20.1 Å². The van der Waals surface area contributed by atoms with Crippen LogP contribution in [0.1, 0.15) is 26.7 Å². The highest BCUT2D eigenvalue weighted by atomic mass is 35.5. The zero-order valence-corrected chi connectivity index (χ0v) is 11.2. The summed E-state index contributed by atoms with van der Waals surface area (Å²) in [4.78, 5) is 0. The van der Waals surface area contributed by atoms with Crippen LogP contribution in [0.25, 0.3) is 0 Å². The van der Waals surface area contributed by atoms with Gasteiger partial charge in [0.2, 0.25) is 10.0 Å². The van der Waals surface area contributed by atoms with E-state index in [2.05, 4.69) is 5.32 Å². The molecule has 1 rings (SSSR count). The smallest absolute Gasteiger partial charge is 0.216 e. The third kappa shape index (κ3) is 3.59. The van der Waals surface area contributed by atoms with Crippen molar-refractivity contribution in [3.63, 3.8) is 0 Å². The van der Waals surface area contributed by atoms with Crippen LogP contribution in [0.4, 0.5) is 0 Å². The quantitative estimate of drug-likeness (QED) is 0.814. The first-order valence-corrected chi connectivity index (χ1v) is 6.65. The van der Waals surface area contributed by atoms with E-state index in [1.54, 1.807) is 18.2 Å². The average molecular weight is 257 g/mol. The van der Waals surface area contributed by atoms with Gasteiger partial charge in [0.05, 0.1) is 5.25 Å². The molecule has 0 saturated carbocycles. The van der Waals surface area contributed by atoms with Crippen LogP contribution in [0.3, 0.4) is 0 Å². The number of hydrogen-bond donors (Lipinski definition) is 1. The van der Waals surface area contributed by atoms with Crippen molar-refractivity contribution in [3.8, 4) is 0 Å². The van der Waals surface area contributed by atoms with Gasteiger partial charge in [-0.1, -0.05) is 0 Å². The molecule has 15 heavy (non-hydrogen) atoms. The van der Waals surface area contributed by atoms with Crippen molar-refractivity contribution in [2.24, 2.45) is 0 Å². The van der Waals surface area contributed by atoms with Crippen molar-refractivity contribution in [1.82, 2.24) is 9.62 Å². The van der Waals surface area contributed by atoms with Crippen molar-refractivity contribution in [1.29, 1.82) is 0 Å². The molecule has 1 heterocycles. The Hall–Kier alpha value is 0.160. The summed E-state index contributed by atoms with van der Waals surface area (Å²) in [6.45, 7) is 4.79. The van der Waals surface area contributed by atoms with E-state index >= 15 is 0 Å². The lowest BCUT2D eigenvalue weighted by Crippen LogP contribution is -2.46. The van der Waals surface area contributed by atoms with E-state index in [1.807, 2.05) is 7.05 Å². The molecule has 0 radical (unpaired) electrons. The summed E-state index contributed by atoms with van der Waals surface area (Å²) in [5, 5.41) is 2.89. The molecule has 1 saturated heterocycles. The summed E-state index contributed by atoms with van der Waals surface area (Å²) in [5.74, 6) is 0. The number of rotatable bonds is 3. The molecule has 4 nitrogen and oxygen atoms in total. The fraction of sp³-hybridized carbons (Fsp3) is 1.00. The van der Waals surface area contributed by atoms with E-state index in [1.165, 1.54) is 0 Å². The van der Waals surface area contributed by atoms with Gasteiger partial charge in [-0.2, -0.15) is 0 Å². The number of sulfonamides is 1. The third-order valence-corrected chi connectivity index (χ3v) is 5.09. The molecule has 1 fully saturated rings. The van der Waals surface area contributed by atoms with Gasteiger partial charge < -0.3 is 5.32 Å². The van der Waals surface area contributed by atoms with Crippen molar-refractivity contribution < 1.29 is 8.42 Å². The van der Waals surface area contributed by atoms with Crippen molar-refractivity contribution >= 4 is 22.4 Å². The molecule has 92 valence electrons. The maximum atomic E-state index is 11.8. The van der Waals surface area contributed by atoms with Crippen LogP contribution in [0.15, 0.2) is 0 Å². The molecule has 0 aromatic carbocycles. The van der Waals surface area contributed by atoms with Crippen LogP contribution < -0.4 is 5.32 Å². The highest BCUT2D eigenvalue weighted by Gasteiger charge is 2.29. The molecule has 0 spiro atoms. The van der Waals surface area contributed by atoms with Gasteiger partial charge in [-0.3, -0.25) is 0 Å². The maximum absolute atomic E-state index is 11.8. The zero-order valence-electron chi connectivity index (χ0n) is 9.56. The standard InChI is InChI=1S/C9H20N2O2S.ClH/c1-8(2)14(12,13)11-6-4-9(10-3)5-7-11;/h8-10H,4-7H2,1-3H3;1H. The predicted octanol–water partition coefficient (Wildman–Crippen LogP) is 0.830. The van der Waals surface area contributed by atoms with Crippen LogP contribution in [0, 0.1) is 0 Å². The Morgan fingerprint density at radius 1 is 1.27 bits per heavy atom. The van der Waals surface area contributed by atoms with Crippen molar-refractivity contribution in [3.05, 3.63) is 0 Å². The summed E-state index contributed by atoms with van der Waals surface area (Å²) in [7, 11) is -1.10. The minimum atomic E-state index is -3.03. The molecule has 0 aromatic heterocycles. The van der Waals surface area contributed by atoms with Gasteiger partial charge in [0.25, 0.3) is 0 Å². The molecule has 0 unspecified atom stereocenters. The minimum absolute atomic E-state index is 0. The van der Waals surface area contributed by atoms with E-state index in [0.29, 0.717) is 19.1 Å². The van der Waals surface area contributed by atoms with Crippen LogP contribution in [-0.4, -0.2) is 44.2 Å². The Bertz CT molecular complexity index is 272. The normalized spacial score (nSPS) is 20.3. The van der Waals surface area contributed by atoms with Gasteiger partial charge in [-0.15, -0.1) is 12.4 Å². The average Bonchev–Trinajstić information content (AvgIpc) is 2.17. The largest absolute Gasteiger partial charge is 0.317 e. The van der Waals surface area contributed by atoms with Gasteiger partial charge in [0.15, 0.2) is 0 Å². The van der Waals surface area contributed by atoms with Crippen molar-refractivity contribution in [2.45, 2.75) is 38.0 Å². The zero-order chi connectivity index (χ0) is 10.8. The maximum Gasteiger partial charge on any atom is 0.216 e. The lowest BCUT2D eigenvalue weighted by molar-refractivity contribution is 0.296. The Labute approximate surface area is 98.9 Å². The van der Waals surface area contributed by atoms with Crippen LogP contribution in [0.5, 0.6) is 0 Å². The number of nitrogens with one attached hydrogen (secondary N) is 1. The predicted molar refractivity (Wildman–Crippen MR) is 65.0 cm³/mol. The first-order chi connectivity index (χ1) is 6.48. The van der Waals surface area contributed by atoms with Gasteiger partial charge >= 0.3 is 0 Å². The van der Waals surface area contributed by atoms with E-state index in [4.69, 9.17) is 0 Å². The second kappa shape index (κ2) is 6.03. The van der Waals surface area contributed by atoms with Gasteiger partial charge in [0.1, 0.15) is 0 Å². The Balaban J connectivity index is 0.00000196. The molecule has 1 aliphatic heterocycles. The van der Waals surface area contributed by atoms with Crippen LogP contribution in [0.2, 0.25) is 0 Å². The molecule has 0 amide bonds. The summed E-state index contributed by atoms with van der Waals surface area (Å²) >= 11 is 0. The monoisotopic (exact) mass is 256 g/mol. The highest BCUT2D eigenvalue weighted by molar-refractivity contribution is 7.89. The molecule has 6 heteroatoms. The lowest BCUT2D eigenvalue weighted by atomic mass is 10.1. The minimum Gasteiger partial charge on any atom is -0.317 e. The van der Waals surface area contributed by atoms with E-state index < -0.39 is 10.0 Å². The number of hydrogen-bond acceptors (Lipinski definition) is 3. The Morgan fingerprint density at radius 2 is 1.73 bits per heavy atom. The highest BCUT2D eigenvalue weighted by Crippen LogP contribution is 2.16. The molecular formula is C9H21ClN2O2S. The van der Waals surface area contributed by atoms with Crippen LogP contribution >= 0.6 is 12.4 Å². The summed E-state index contributed by atoms with van der Waals surface area (Å²) in [6.07, 6.45) is 1.84. The molecular weight excluding hydrogens is 236 g/mol. The summed E-state index contributed by atoms with van der Waals surface area (Å²) in [5.41, 5.74) is 0. The lowest BCUT2D eigenvalue weighted by Gasteiger charge is -2.32. The first-order valence-electron chi connectivity index (χ1n) is 5.14. The molecule has 1 N–H and O–H groups in total. The first kappa shape index (κ1) is 15.2. The molecule has 0 bridgehead atoms. The molecule has 0 aliphatic carbocycles. The summed E-state index contributed by atoms with van der Waals surface area (Å²) in [6, 6.07) is 0.480. The summed E-state index contributed by atoms with van der Waals surface area (Å²) < 4.78 is 25.2. The topological polar surface area (TPSA) is 49.4 Å². The van der Waals surface area contributed by atoms with Crippen LogP contribution in [-0.2, 0) is 10.0 Å². The molecule has 0 atom stereocenters. The van der Waals surface area contributed by atoms with Gasteiger partial charge in [-0.25, -0.2) is 12.7 Å². The van der Waals surface area contributed by atoms with Gasteiger partial charge in [-0.05, 0) is 33.7 Å². The van der Waals surface area contributed by atoms with E-state index in [0.717, 1.165) is 12.8 Å². The molecule has 1 aliphatic rings. The number of piperidine rings is 1. The number of nitrogens with zero attached hydrogens (tertiary/aromatic N) is 1. The molecule has 0 aromatic rings. The number of halogens is 1. The fourth-order valence-corrected chi connectivity index (χ4v) is 3.01. The Morgan fingerprint density at radius 3 is 2.07 bits per heavy atom. The Kier molecular flexibility index (Phi) is 6.10. The second-order valence-corrected chi connectivity index (χ2v) is 6.54. The third-order valence-electron chi connectivity index (χ3n) is 2.82. The SMILES string of the molecule is CNC1CCN(S(=O)(=O)C(C)C)CC1.Cl. The van der Waals surface area contributed by atoms with E-state index in [-0.39, 0.29) is 17.7 Å². The fourth-order valence-electron chi connectivity index (χ4n) is 1.70.